The van der Waals surface area contributed by atoms with Crippen LogP contribution in [0.2, 0.25) is 0 Å². The number of azo groups is 1. The number of hydrogen-bond acceptors (Lipinski definition) is 13. The van der Waals surface area contributed by atoms with Crippen LogP contribution in [-0.2, 0) is 23.9 Å². The lowest BCUT2D eigenvalue weighted by Crippen LogP contribution is -2.29. The maximum atomic E-state index is 12.0. The van der Waals surface area contributed by atoms with E-state index in [4.69, 9.17) is 14.2 Å². The van der Waals surface area contributed by atoms with E-state index in [-0.39, 0.29) is 48.9 Å². The van der Waals surface area contributed by atoms with E-state index in [0.29, 0.717) is 27.3 Å². The summed E-state index contributed by atoms with van der Waals surface area (Å²) in [5.41, 5.74) is 1.41. The summed E-state index contributed by atoms with van der Waals surface area (Å²) in [7, 11) is 3.99. The average Bonchev–Trinajstić information content (AvgIpc) is 3.33. The second-order valence-corrected chi connectivity index (χ2v) is 8.76. The maximum Gasteiger partial charge on any atom is 0.307 e. The molecule has 1 amide bonds. The van der Waals surface area contributed by atoms with Crippen LogP contribution in [0, 0.1) is 10.1 Å². The molecular weight excluding hydrogens is 532 g/mol. The predicted octanol–water partition coefficient (Wildman–Crippen LogP) is 4.52. The summed E-state index contributed by atoms with van der Waals surface area (Å²) in [6.07, 6.45) is 0.0602. The Kier molecular flexibility index (Phi) is 9.80. The van der Waals surface area contributed by atoms with Gasteiger partial charge in [-0.15, -0.1) is 10.2 Å². The van der Waals surface area contributed by atoms with Gasteiger partial charge in [-0.05, 0) is 23.7 Å². The minimum absolute atomic E-state index is 0.0301. The van der Waals surface area contributed by atoms with E-state index < -0.39 is 16.9 Å². The molecular formula is C24H26N6O8S. The molecule has 2 aromatic carbocycles. The molecule has 3 rings (SSSR count). The number of anilines is 2. The van der Waals surface area contributed by atoms with Gasteiger partial charge in [-0.3, -0.25) is 24.5 Å². The third kappa shape index (κ3) is 7.44. The number of esters is 2. The topological polar surface area (TPSA) is 175 Å². The van der Waals surface area contributed by atoms with Crippen LogP contribution in [-0.4, -0.2) is 61.6 Å². The summed E-state index contributed by atoms with van der Waals surface area (Å²) in [5, 5.41) is 23.2. The third-order valence-electron chi connectivity index (χ3n) is 5.48. The number of rotatable bonds is 12. The maximum absolute atomic E-state index is 12.0. The second kappa shape index (κ2) is 13.2. The minimum Gasteiger partial charge on any atom is -0.494 e. The van der Waals surface area contributed by atoms with Crippen LogP contribution in [0.15, 0.2) is 40.6 Å². The fourth-order valence-electron chi connectivity index (χ4n) is 3.55. The Morgan fingerprint density at radius 2 is 1.72 bits per heavy atom. The van der Waals surface area contributed by atoms with Crippen LogP contribution in [0.4, 0.5) is 27.8 Å². The van der Waals surface area contributed by atoms with Crippen LogP contribution in [0.3, 0.4) is 0 Å². The van der Waals surface area contributed by atoms with Crippen molar-refractivity contribution in [3.05, 3.63) is 40.4 Å². The molecule has 0 saturated heterocycles. The van der Waals surface area contributed by atoms with Crippen molar-refractivity contribution in [2.45, 2.75) is 19.8 Å². The zero-order valence-corrected chi connectivity index (χ0v) is 22.4. The summed E-state index contributed by atoms with van der Waals surface area (Å²) < 4.78 is 19.3. The number of non-ortho nitro benzene ring substituents is 1. The highest BCUT2D eigenvalue weighted by atomic mass is 32.1. The van der Waals surface area contributed by atoms with Crippen molar-refractivity contribution >= 4 is 68.0 Å². The van der Waals surface area contributed by atoms with Crippen LogP contribution >= 0.6 is 11.5 Å². The SMILES string of the molecule is COC(=O)CCN(CCC(=O)OC)c1cc(NC(C)=O)c(/N=N/c2snc3ccc([N+](=O)[O-])cc23)cc1OC. The van der Waals surface area contributed by atoms with E-state index in [2.05, 4.69) is 19.9 Å². The van der Waals surface area contributed by atoms with Crippen molar-refractivity contribution < 1.29 is 33.5 Å². The number of nitrogens with zero attached hydrogens (tertiary/aromatic N) is 5. The second-order valence-electron chi connectivity index (χ2n) is 8.01. The highest BCUT2D eigenvalue weighted by Crippen LogP contribution is 2.41. The van der Waals surface area contributed by atoms with E-state index in [1.807, 2.05) is 0 Å². The normalized spacial score (nSPS) is 10.9. The number of nitrogens with one attached hydrogen (secondary N) is 1. The number of ether oxygens (including phenoxy) is 3. The monoisotopic (exact) mass is 558 g/mol. The predicted molar refractivity (Wildman–Crippen MR) is 143 cm³/mol. The largest absolute Gasteiger partial charge is 0.494 e. The minimum atomic E-state index is -0.511. The molecule has 206 valence electrons. The van der Waals surface area contributed by atoms with Crippen LogP contribution in [0.5, 0.6) is 5.75 Å². The molecule has 0 saturated carbocycles. The van der Waals surface area contributed by atoms with E-state index >= 15 is 0 Å². The van der Waals surface area contributed by atoms with E-state index in [0.717, 1.165) is 11.5 Å². The lowest BCUT2D eigenvalue weighted by atomic mass is 10.1. The Morgan fingerprint density at radius 3 is 2.28 bits per heavy atom. The molecule has 14 nitrogen and oxygen atoms in total. The van der Waals surface area contributed by atoms with Gasteiger partial charge in [0.05, 0.1) is 56.0 Å². The van der Waals surface area contributed by atoms with Crippen LogP contribution in [0.1, 0.15) is 19.8 Å². The van der Waals surface area contributed by atoms with Crippen molar-refractivity contribution in [3.63, 3.8) is 0 Å². The standard InChI is InChI=1S/C24H26N6O8S/c1-14(31)25-18-12-20(29(9-7-22(32)37-3)10-8-23(33)38-4)21(36-2)13-19(18)26-27-24-16-11-15(30(34)35)5-6-17(16)28-39-24/h5-6,11-13H,7-10H2,1-4H3,(H,25,31)/b27-26+. The molecule has 1 aromatic heterocycles. The highest BCUT2D eigenvalue weighted by molar-refractivity contribution is 7.11. The number of amides is 1. The van der Waals surface area contributed by atoms with Gasteiger partial charge >= 0.3 is 11.9 Å². The number of methoxy groups -OCH3 is 3. The Morgan fingerprint density at radius 1 is 1.05 bits per heavy atom. The number of hydrogen-bond donors (Lipinski definition) is 1. The zero-order chi connectivity index (χ0) is 28.5. The van der Waals surface area contributed by atoms with Crippen molar-refractivity contribution in [2.24, 2.45) is 10.2 Å². The van der Waals surface area contributed by atoms with Crippen molar-refractivity contribution in [2.75, 3.05) is 44.6 Å². The molecule has 39 heavy (non-hydrogen) atoms. The smallest absolute Gasteiger partial charge is 0.307 e. The first kappa shape index (κ1) is 28.9. The molecule has 0 aliphatic heterocycles. The van der Waals surface area contributed by atoms with Crippen LogP contribution in [0.25, 0.3) is 10.9 Å². The molecule has 15 heteroatoms. The molecule has 0 aliphatic carbocycles. The molecule has 0 unspecified atom stereocenters. The summed E-state index contributed by atoms with van der Waals surface area (Å²) in [6.45, 7) is 1.70. The van der Waals surface area contributed by atoms with Gasteiger partial charge in [0.2, 0.25) is 5.91 Å². The lowest BCUT2D eigenvalue weighted by molar-refractivity contribution is -0.384. The van der Waals surface area contributed by atoms with Gasteiger partial charge in [-0.1, -0.05) is 0 Å². The number of carbonyl (C=O) groups is 3. The van der Waals surface area contributed by atoms with Crippen molar-refractivity contribution in [3.8, 4) is 5.75 Å². The first-order valence-electron chi connectivity index (χ1n) is 11.5. The molecule has 0 aliphatic rings. The molecule has 3 aromatic rings. The summed E-state index contributed by atoms with van der Waals surface area (Å²) >= 11 is 1.02. The van der Waals surface area contributed by atoms with Crippen LogP contribution < -0.4 is 15.0 Å². The van der Waals surface area contributed by atoms with Crippen molar-refractivity contribution in [1.82, 2.24) is 4.37 Å². The van der Waals surface area contributed by atoms with Gasteiger partial charge in [0.15, 0.2) is 5.00 Å². The molecule has 1 heterocycles. The first-order valence-corrected chi connectivity index (χ1v) is 12.3. The first-order chi connectivity index (χ1) is 18.7. The lowest BCUT2D eigenvalue weighted by Gasteiger charge is -2.27. The van der Waals surface area contributed by atoms with Gasteiger partial charge in [0.1, 0.15) is 11.4 Å². The van der Waals surface area contributed by atoms with Gasteiger partial charge < -0.3 is 24.4 Å². The third-order valence-corrected chi connectivity index (χ3v) is 6.24. The van der Waals surface area contributed by atoms with Gasteiger partial charge in [0.25, 0.3) is 5.69 Å². The Bertz CT molecular complexity index is 1400. The number of carbonyl (C=O) groups excluding carboxylic acids is 3. The van der Waals surface area contributed by atoms with E-state index in [9.17, 15) is 24.5 Å². The number of benzene rings is 2. The fraction of sp³-hybridized carbons (Fsp3) is 0.333. The fourth-order valence-corrected chi connectivity index (χ4v) is 4.23. The van der Waals surface area contributed by atoms with Gasteiger partial charge in [0, 0.05) is 43.6 Å². The highest BCUT2D eigenvalue weighted by Gasteiger charge is 2.20. The molecule has 0 atom stereocenters. The summed E-state index contributed by atoms with van der Waals surface area (Å²) in [5.74, 6) is -0.933. The number of aromatic nitrogens is 1. The van der Waals surface area contributed by atoms with E-state index in [1.165, 1.54) is 46.5 Å². The quantitative estimate of drug-likeness (QED) is 0.144. The number of fused-ring (bicyclic) bond motifs is 1. The molecule has 0 spiro atoms. The Hall–Kier alpha value is -4.66. The van der Waals surface area contributed by atoms with Crippen molar-refractivity contribution in [1.29, 1.82) is 0 Å². The summed E-state index contributed by atoms with van der Waals surface area (Å²) in [6, 6.07) is 7.39. The number of nitro groups is 1. The number of nitro benzene ring substituents is 1. The zero-order valence-electron chi connectivity index (χ0n) is 21.6. The van der Waals surface area contributed by atoms with Gasteiger partial charge in [-0.2, -0.15) is 4.37 Å². The molecule has 1 N–H and O–H groups in total. The molecule has 0 radical (unpaired) electrons. The summed E-state index contributed by atoms with van der Waals surface area (Å²) in [4.78, 5) is 48.0. The average molecular weight is 559 g/mol. The molecule has 0 bridgehead atoms. The molecule has 0 fully saturated rings. The Labute approximate surface area is 226 Å². The van der Waals surface area contributed by atoms with E-state index in [1.54, 1.807) is 17.0 Å². The Balaban J connectivity index is 2.05. The van der Waals surface area contributed by atoms with Gasteiger partial charge in [-0.25, -0.2) is 0 Å².